The number of anilines is 1. The molecule has 1 amide bonds. The Hall–Kier alpha value is -3.48. The number of H-pyrrole nitrogens is 1. The number of ketones is 1. The Morgan fingerprint density at radius 1 is 1.17 bits per heavy atom. The van der Waals surface area contributed by atoms with Gasteiger partial charge < -0.3 is 5.32 Å². The Kier molecular flexibility index (Phi) is 5.50. The minimum absolute atomic E-state index is 0.0194. The number of nitrogens with zero attached hydrogens (tertiary/aromatic N) is 2. The van der Waals surface area contributed by atoms with Gasteiger partial charge in [-0.15, -0.1) is 0 Å². The number of aromatic amines is 1. The average molecular weight is 392 g/mol. The quantitative estimate of drug-likeness (QED) is 0.697. The van der Waals surface area contributed by atoms with E-state index in [1.807, 2.05) is 24.3 Å². The summed E-state index contributed by atoms with van der Waals surface area (Å²) in [6.07, 6.45) is 2.97. The molecule has 0 spiro atoms. The first kappa shape index (κ1) is 20.3. The highest BCUT2D eigenvalue weighted by Gasteiger charge is 2.15. The van der Waals surface area contributed by atoms with Crippen molar-refractivity contribution in [2.75, 3.05) is 5.32 Å². The van der Waals surface area contributed by atoms with Crippen LogP contribution in [0.15, 0.2) is 53.6 Å². The molecule has 0 aliphatic heterocycles. The third-order valence-corrected chi connectivity index (χ3v) is 4.51. The van der Waals surface area contributed by atoms with Gasteiger partial charge in [0.1, 0.15) is 5.78 Å². The van der Waals surface area contributed by atoms with E-state index in [1.54, 1.807) is 12.1 Å². The number of aromatic nitrogens is 3. The standard InChI is InChI=1S/C22H24N4O3/c1-14(27)10-16-13-24-26(21(16)29)19-9-8-15(12-23-19)20(28)25-18-7-5-6-17(11-18)22(2,3)4/h5-9,11-13,24H,10H2,1-4H3,(H,25,28). The molecule has 0 radical (unpaired) electrons. The van der Waals surface area contributed by atoms with Crippen LogP contribution in [0.5, 0.6) is 0 Å². The summed E-state index contributed by atoms with van der Waals surface area (Å²) in [4.78, 5) is 40.3. The van der Waals surface area contributed by atoms with Crippen molar-refractivity contribution in [3.63, 3.8) is 0 Å². The van der Waals surface area contributed by atoms with Crippen molar-refractivity contribution < 1.29 is 9.59 Å². The molecular weight excluding hydrogens is 368 g/mol. The summed E-state index contributed by atoms with van der Waals surface area (Å²) in [5.74, 6) is -0.0361. The maximum absolute atomic E-state index is 12.6. The number of pyridine rings is 1. The molecule has 0 fully saturated rings. The largest absolute Gasteiger partial charge is 0.322 e. The normalized spacial score (nSPS) is 11.3. The molecule has 3 aromatic rings. The summed E-state index contributed by atoms with van der Waals surface area (Å²) in [6.45, 7) is 7.77. The maximum atomic E-state index is 12.6. The summed E-state index contributed by atoms with van der Waals surface area (Å²) in [7, 11) is 0. The fourth-order valence-corrected chi connectivity index (χ4v) is 2.89. The minimum Gasteiger partial charge on any atom is -0.322 e. The lowest BCUT2D eigenvalue weighted by Crippen LogP contribution is -2.20. The number of rotatable bonds is 5. The highest BCUT2D eigenvalue weighted by Crippen LogP contribution is 2.24. The van der Waals surface area contributed by atoms with Crippen LogP contribution in [0.4, 0.5) is 5.69 Å². The topological polar surface area (TPSA) is 96.8 Å². The van der Waals surface area contributed by atoms with E-state index in [0.29, 0.717) is 22.6 Å². The third kappa shape index (κ3) is 4.68. The smallest absolute Gasteiger partial charge is 0.276 e. The van der Waals surface area contributed by atoms with Crippen LogP contribution in [0.3, 0.4) is 0 Å². The minimum atomic E-state index is -0.330. The zero-order chi connectivity index (χ0) is 21.2. The zero-order valence-electron chi connectivity index (χ0n) is 16.9. The van der Waals surface area contributed by atoms with Gasteiger partial charge in [0.05, 0.1) is 5.56 Å². The molecule has 0 saturated carbocycles. The Morgan fingerprint density at radius 2 is 1.93 bits per heavy atom. The Bertz CT molecular complexity index is 1100. The van der Waals surface area contributed by atoms with Crippen molar-refractivity contribution in [2.24, 2.45) is 0 Å². The Morgan fingerprint density at radius 3 is 2.55 bits per heavy atom. The van der Waals surface area contributed by atoms with E-state index >= 15 is 0 Å². The van der Waals surface area contributed by atoms with E-state index in [0.717, 1.165) is 5.56 Å². The van der Waals surface area contributed by atoms with Crippen molar-refractivity contribution in [3.05, 3.63) is 75.8 Å². The number of amides is 1. The van der Waals surface area contributed by atoms with Crippen LogP contribution in [0.25, 0.3) is 5.82 Å². The molecule has 0 saturated heterocycles. The predicted octanol–water partition coefficient (Wildman–Crippen LogP) is 3.24. The first-order valence-corrected chi connectivity index (χ1v) is 9.32. The van der Waals surface area contributed by atoms with Gasteiger partial charge in [0.2, 0.25) is 0 Å². The maximum Gasteiger partial charge on any atom is 0.276 e. The van der Waals surface area contributed by atoms with Crippen LogP contribution in [-0.4, -0.2) is 26.5 Å². The first-order valence-electron chi connectivity index (χ1n) is 9.32. The molecule has 0 aliphatic carbocycles. The Labute approximate surface area is 168 Å². The molecule has 0 unspecified atom stereocenters. The van der Waals surface area contributed by atoms with Crippen LogP contribution in [0.1, 0.15) is 49.2 Å². The highest BCUT2D eigenvalue weighted by atomic mass is 16.2. The van der Waals surface area contributed by atoms with Crippen LogP contribution in [-0.2, 0) is 16.6 Å². The molecule has 0 bridgehead atoms. The number of carbonyl (C=O) groups excluding carboxylic acids is 2. The van der Waals surface area contributed by atoms with Crippen molar-refractivity contribution in [1.29, 1.82) is 0 Å². The van der Waals surface area contributed by atoms with Gasteiger partial charge in [0.25, 0.3) is 11.5 Å². The van der Waals surface area contributed by atoms with Crippen molar-refractivity contribution in [3.8, 4) is 5.82 Å². The summed E-state index contributed by atoms with van der Waals surface area (Å²) >= 11 is 0. The molecule has 2 aromatic heterocycles. The number of hydrogen-bond acceptors (Lipinski definition) is 4. The number of benzene rings is 1. The molecule has 1 aromatic carbocycles. The molecule has 3 rings (SSSR count). The van der Waals surface area contributed by atoms with Gasteiger partial charge in [-0.2, -0.15) is 0 Å². The lowest BCUT2D eigenvalue weighted by atomic mass is 9.87. The molecule has 7 nitrogen and oxygen atoms in total. The monoisotopic (exact) mass is 392 g/mol. The summed E-state index contributed by atoms with van der Waals surface area (Å²) in [5.41, 5.74) is 2.23. The van der Waals surface area contributed by atoms with Crippen LogP contribution in [0, 0.1) is 0 Å². The second-order valence-electron chi connectivity index (χ2n) is 8.01. The van der Waals surface area contributed by atoms with Gasteiger partial charge in [0, 0.05) is 30.1 Å². The van der Waals surface area contributed by atoms with E-state index in [-0.39, 0.29) is 29.1 Å². The van der Waals surface area contributed by atoms with Gasteiger partial charge in [0.15, 0.2) is 5.82 Å². The average Bonchev–Trinajstić information content (AvgIpc) is 3.01. The second kappa shape index (κ2) is 7.87. The van der Waals surface area contributed by atoms with E-state index < -0.39 is 0 Å². The van der Waals surface area contributed by atoms with E-state index in [4.69, 9.17) is 0 Å². The molecule has 0 atom stereocenters. The number of Topliss-reactive ketones (excluding diaryl/α,β-unsaturated/α-hetero) is 1. The fourth-order valence-electron chi connectivity index (χ4n) is 2.89. The summed E-state index contributed by atoms with van der Waals surface area (Å²) in [5, 5.41) is 5.67. The van der Waals surface area contributed by atoms with Crippen molar-refractivity contribution >= 4 is 17.4 Å². The molecule has 150 valence electrons. The molecule has 2 N–H and O–H groups in total. The third-order valence-electron chi connectivity index (χ3n) is 4.51. The highest BCUT2D eigenvalue weighted by molar-refractivity contribution is 6.04. The Balaban J connectivity index is 1.77. The molecular formula is C22H24N4O3. The lowest BCUT2D eigenvalue weighted by molar-refractivity contribution is -0.116. The van der Waals surface area contributed by atoms with Gasteiger partial charge in [-0.05, 0) is 42.2 Å². The van der Waals surface area contributed by atoms with E-state index in [2.05, 4.69) is 36.2 Å². The van der Waals surface area contributed by atoms with Crippen LogP contribution >= 0.6 is 0 Å². The van der Waals surface area contributed by atoms with E-state index in [1.165, 1.54) is 24.0 Å². The van der Waals surface area contributed by atoms with Gasteiger partial charge >= 0.3 is 0 Å². The molecule has 2 heterocycles. The van der Waals surface area contributed by atoms with Gasteiger partial charge in [-0.3, -0.25) is 19.5 Å². The number of nitrogens with one attached hydrogen (secondary N) is 2. The second-order valence-corrected chi connectivity index (χ2v) is 8.01. The van der Waals surface area contributed by atoms with Gasteiger partial charge in [-0.1, -0.05) is 32.9 Å². The van der Waals surface area contributed by atoms with E-state index in [9.17, 15) is 14.4 Å². The van der Waals surface area contributed by atoms with Crippen LogP contribution < -0.4 is 10.9 Å². The summed E-state index contributed by atoms with van der Waals surface area (Å²) in [6, 6.07) is 10.9. The molecule has 29 heavy (non-hydrogen) atoms. The number of carbonyl (C=O) groups is 2. The molecule has 7 heteroatoms. The zero-order valence-corrected chi connectivity index (χ0v) is 16.9. The first-order chi connectivity index (χ1) is 13.6. The van der Waals surface area contributed by atoms with Gasteiger partial charge in [-0.25, -0.2) is 9.67 Å². The predicted molar refractivity (Wildman–Crippen MR) is 112 cm³/mol. The SMILES string of the molecule is CC(=O)Cc1c[nH]n(-c2ccc(C(=O)Nc3cccc(C(C)(C)C)c3)cn2)c1=O. The van der Waals surface area contributed by atoms with Crippen molar-refractivity contribution in [2.45, 2.75) is 39.5 Å². The van der Waals surface area contributed by atoms with Crippen LogP contribution in [0.2, 0.25) is 0 Å². The van der Waals surface area contributed by atoms with Crippen molar-refractivity contribution in [1.82, 2.24) is 14.8 Å². The summed E-state index contributed by atoms with van der Waals surface area (Å²) < 4.78 is 1.24. The lowest BCUT2D eigenvalue weighted by Gasteiger charge is -2.19. The number of hydrogen-bond donors (Lipinski definition) is 2. The fraction of sp³-hybridized carbons (Fsp3) is 0.273. The molecule has 0 aliphatic rings.